The maximum atomic E-state index is 8.58. The minimum absolute atomic E-state index is 0. The molecule has 9 aliphatic rings. The molecule has 0 bridgehead atoms. The summed E-state index contributed by atoms with van der Waals surface area (Å²) in [6, 6.07) is 19.7. The maximum absolute atomic E-state index is 8.58. The van der Waals surface area contributed by atoms with Gasteiger partial charge in [-0.15, -0.1) is 0 Å². The summed E-state index contributed by atoms with van der Waals surface area (Å²) in [7, 11) is -1.34. The van der Waals surface area contributed by atoms with Crippen molar-refractivity contribution in [1.29, 1.82) is 0 Å². The van der Waals surface area contributed by atoms with Gasteiger partial charge in [0, 0.05) is 54.6 Å². The fourth-order valence-electron chi connectivity index (χ4n) is 14.0. The molecule has 3 fully saturated rings. The average molecular weight is 1390 g/mol. The molecule has 0 amide bonds. The molecule has 3 saturated carbocycles. The fourth-order valence-corrected chi connectivity index (χ4v) is 14.9. The molecule has 0 aromatic heterocycles. The molecule has 82 heavy (non-hydrogen) atoms. The molecule has 2 N–H and O–H groups in total. The molecule has 0 saturated heterocycles. The van der Waals surface area contributed by atoms with E-state index in [1.54, 1.807) is 29.8 Å². The first kappa shape index (κ1) is 68.5. The zero-order chi connectivity index (χ0) is 59.8. The Kier molecular flexibility index (Phi) is 22.7. The molecule has 2 nitrogen and oxygen atoms in total. The first-order valence-electron chi connectivity index (χ1n) is 30.4. The van der Waals surface area contributed by atoms with Crippen LogP contribution in [-0.2, 0) is 20.4 Å². The summed E-state index contributed by atoms with van der Waals surface area (Å²) in [4.78, 5) is 0. The van der Waals surface area contributed by atoms with Crippen LogP contribution in [0.3, 0.4) is 0 Å². The van der Waals surface area contributed by atoms with Crippen LogP contribution in [0.25, 0.3) is 5.57 Å². The molecule has 0 heterocycles. The molecule has 11 rings (SSSR count). The standard InChI is InChI=1S/C27H34.C21H29Br.C21H30.C6H7BO2.Br2.Pd/c1-26(2,3)21-12-13-23-19(15-21)14-20-16-22(27(4,5)6)17-24(25(20)23)18-10-8-7-9-11-18;1-20(2,3)15-7-8-17-13(10-15)9-14-11-16(21(4,5)6)12-18(22)19(14)17;1-20(2,3)16-7-9-18-14(12-16)11-15-13-17(21(4,5)6)8-10-19(15)18;8-7(9)6-4-2-1-3-5-6;1-2;/h7-13,15-17,19-20,23,25H,14H2,1-6H3;7-8,10-14,17,19H,9H2,1-6H3;7-10,12-15,18-19H,11H2,1-6H3;1-5,8-9H;;. The summed E-state index contributed by atoms with van der Waals surface area (Å²) in [6.45, 7) is 41.9. The summed E-state index contributed by atoms with van der Waals surface area (Å²) in [5, 5.41) is 17.2. The van der Waals surface area contributed by atoms with Gasteiger partial charge in [0.25, 0.3) is 0 Å². The van der Waals surface area contributed by atoms with Crippen molar-refractivity contribution in [2.24, 2.45) is 104 Å². The normalized spacial score (nSPS) is 29.3. The van der Waals surface area contributed by atoms with E-state index in [0.717, 1.165) is 23.7 Å². The van der Waals surface area contributed by atoms with Crippen molar-refractivity contribution in [2.45, 2.75) is 144 Å². The van der Waals surface area contributed by atoms with Crippen LogP contribution in [0, 0.1) is 104 Å². The monoisotopic (exact) mass is 1390 g/mol. The van der Waals surface area contributed by atoms with E-state index in [9.17, 15) is 0 Å². The molecule has 2 aromatic carbocycles. The SMILES string of the molecule is BrBr.CC(C)(C)C1=CC2CC3C=C(C(C)(C)C)C=C(Br)C3C2C=C1.CC(C)(C)C1=CC2CC3C=C(C(C)(C)C)C=C(c4ccccc4)C3C2C=C1.CC(C)(C)C1=CC2CC3C=C(C(C)(C)C)C=CC3C2C=C1.OB(O)c1ccccc1.[Pd]. The summed E-state index contributed by atoms with van der Waals surface area (Å²) in [6.07, 6.45) is 43.8. The minimum Gasteiger partial charge on any atom is -0.423 e. The van der Waals surface area contributed by atoms with Gasteiger partial charge in [0.05, 0.1) is 0 Å². The van der Waals surface area contributed by atoms with Gasteiger partial charge in [-0.3, -0.25) is 0 Å². The number of hydrogen-bond acceptors (Lipinski definition) is 2. The van der Waals surface area contributed by atoms with Crippen LogP contribution in [0.1, 0.15) is 149 Å². The Balaban J connectivity index is 0.000000181. The average Bonchev–Trinajstić information content (AvgIpc) is 3.84. The van der Waals surface area contributed by atoms with E-state index < -0.39 is 7.12 Å². The third-order valence-corrected chi connectivity index (χ3v) is 19.6. The Morgan fingerprint density at radius 3 is 1.02 bits per heavy atom. The molecular weight excluding hydrogens is 1290 g/mol. The molecule has 2 aromatic rings. The van der Waals surface area contributed by atoms with Crippen molar-refractivity contribution in [2.75, 3.05) is 0 Å². The second-order valence-electron chi connectivity index (χ2n) is 31.0. The van der Waals surface area contributed by atoms with Gasteiger partial charge < -0.3 is 10.0 Å². The van der Waals surface area contributed by atoms with Gasteiger partial charge in [-0.2, -0.15) is 0 Å². The van der Waals surface area contributed by atoms with Crippen molar-refractivity contribution in [3.8, 4) is 0 Å². The van der Waals surface area contributed by atoms with Crippen molar-refractivity contribution < 1.29 is 30.5 Å². The van der Waals surface area contributed by atoms with Crippen molar-refractivity contribution in [3.05, 3.63) is 201 Å². The van der Waals surface area contributed by atoms with E-state index in [1.807, 2.05) is 6.07 Å². The minimum atomic E-state index is -1.34. The zero-order valence-corrected chi connectivity index (χ0v) is 59.3. The molecule has 12 atom stereocenters. The number of rotatable bonds is 2. The smallest absolute Gasteiger partial charge is 0.423 e. The van der Waals surface area contributed by atoms with E-state index in [1.165, 1.54) is 62.7 Å². The van der Waals surface area contributed by atoms with E-state index >= 15 is 0 Å². The molecule has 0 spiro atoms. The second-order valence-corrected chi connectivity index (χ2v) is 31.9. The van der Waals surface area contributed by atoms with Gasteiger partial charge >= 0.3 is 7.12 Å². The van der Waals surface area contributed by atoms with E-state index in [0.29, 0.717) is 52.8 Å². The third-order valence-electron chi connectivity index (χ3n) is 18.8. The Labute approximate surface area is 537 Å². The fraction of sp³-hybridized carbons (Fsp3) is 0.520. The second kappa shape index (κ2) is 27.2. The van der Waals surface area contributed by atoms with Crippen LogP contribution in [0.5, 0.6) is 0 Å². The molecule has 9 aliphatic carbocycles. The largest absolute Gasteiger partial charge is 0.488 e. The zero-order valence-electron chi connectivity index (χ0n) is 53.0. The van der Waals surface area contributed by atoms with Crippen LogP contribution >= 0.6 is 44.2 Å². The van der Waals surface area contributed by atoms with E-state index in [2.05, 4.69) is 296 Å². The van der Waals surface area contributed by atoms with Crippen molar-refractivity contribution in [3.63, 3.8) is 0 Å². The molecule has 12 unspecified atom stereocenters. The maximum Gasteiger partial charge on any atom is 0.488 e. The topological polar surface area (TPSA) is 40.5 Å². The number of hydrogen-bond donors (Lipinski definition) is 2. The molecule has 0 aliphatic heterocycles. The predicted molar refractivity (Wildman–Crippen MR) is 363 cm³/mol. The Morgan fingerprint density at radius 2 is 0.671 bits per heavy atom. The predicted octanol–water partition coefficient (Wildman–Crippen LogP) is 21.1. The first-order chi connectivity index (χ1) is 37.7. The number of halogens is 3. The summed E-state index contributed by atoms with van der Waals surface area (Å²) >= 11 is 9.41. The van der Waals surface area contributed by atoms with Crippen LogP contribution in [0.4, 0.5) is 0 Å². The summed E-state index contributed by atoms with van der Waals surface area (Å²) in [5.74, 6) is 8.16. The molecular formula is C75H100BBr3O2Pd. The van der Waals surface area contributed by atoms with E-state index in [-0.39, 0.29) is 52.9 Å². The first-order valence-corrected chi connectivity index (χ1v) is 35.0. The Hall–Kier alpha value is -2.59. The molecule has 7 heteroatoms. The van der Waals surface area contributed by atoms with Crippen LogP contribution < -0.4 is 5.46 Å². The third kappa shape index (κ3) is 16.5. The quantitative estimate of drug-likeness (QED) is 0.294. The van der Waals surface area contributed by atoms with Crippen LogP contribution in [0.15, 0.2) is 196 Å². The van der Waals surface area contributed by atoms with Gasteiger partial charge in [0.1, 0.15) is 0 Å². The van der Waals surface area contributed by atoms with Gasteiger partial charge in [-0.25, -0.2) is 0 Å². The van der Waals surface area contributed by atoms with Gasteiger partial charge in [-0.05, 0) is 177 Å². The number of benzene rings is 2. The Bertz CT molecular complexity index is 2870. The molecule has 446 valence electrons. The number of fused-ring (bicyclic) bond motifs is 9. The van der Waals surface area contributed by atoms with E-state index in [4.69, 9.17) is 10.0 Å². The Morgan fingerprint density at radius 1 is 0.378 bits per heavy atom. The molecule has 0 radical (unpaired) electrons. The van der Waals surface area contributed by atoms with Gasteiger partial charge in [0.15, 0.2) is 0 Å². The van der Waals surface area contributed by atoms with Crippen LogP contribution in [-0.4, -0.2) is 17.2 Å². The summed E-state index contributed by atoms with van der Waals surface area (Å²) < 4.78 is 1.41. The van der Waals surface area contributed by atoms with Gasteiger partial charge in [-0.1, -0.05) is 292 Å². The number of allylic oxidation sites excluding steroid dienone is 24. The van der Waals surface area contributed by atoms with Crippen LogP contribution in [0.2, 0.25) is 0 Å². The van der Waals surface area contributed by atoms with Gasteiger partial charge in [0.2, 0.25) is 0 Å². The van der Waals surface area contributed by atoms with Crippen molar-refractivity contribution in [1.82, 2.24) is 0 Å². The summed E-state index contributed by atoms with van der Waals surface area (Å²) in [5.41, 5.74) is 14.0. The van der Waals surface area contributed by atoms with Crippen molar-refractivity contribution >= 4 is 62.3 Å².